The molecule has 0 atom stereocenters. The highest BCUT2D eigenvalue weighted by atomic mass is 19.4. The molecular formula is C15H24F6. The molecule has 1 rings (SSSR count). The minimum absolute atomic E-state index is 0.0103. The number of rotatable bonds is 3. The van der Waals surface area contributed by atoms with Gasteiger partial charge in [0.05, 0.1) is 0 Å². The van der Waals surface area contributed by atoms with E-state index in [2.05, 4.69) is 0 Å². The lowest BCUT2D eigenvalue weighted by molar-refractivity contribution is -0.354. The van der Waals surface area contributed by atoms with Gasteiger partial charge in [0.25, 0.3) is 0 Å². The van der Waals surface area contributed by atoms with E-state index in [-0.39, 0.29) is 24.2 Å². The Labute approximate surface area is 122 Å². The van der Waals surface area contributed by atoms with Crippen LogP contribution < -0.4 is 0 Å². The Bertz CT molecular complexity index is 330. The second-order valence-corrected chi connectivity index (χ2v) is 7.09. The Morgan fingerprint density at radius 2 is 1.05 bits per heavy atom. The van der Waals surface area contributed by atoms with Crippen LogP contribution in [-0.2, 0) is 0 Å². The lowest BCUT2D eigenvalue weighted by atomic mass is 9.62. The number of hydrogen-bond acceptors (Lipinski definition) is 0. The summed E-state index contributed by atoms with van der Waals surface area (Å²) in [6.07, 6.45) is -8.79. The summed E-state index contributed by atoms with van der Waals surface area (Å²) in [5, 5.41) is 0. The van der Waals surface area contributed by atoms with Crippen LogP contribution in [0, 0.1) is 22.7 Å². The van der Waals surface area contributed by atoms with E-state index in [4.69, 9.17) is 0 Å². The molecule has 1 aliphatic rings. The smallest absolute Gasteiger partial charge is 0.170 e. The topological polar surface area (TPSA) is 0 Å². The van der Waals surface area contributed by atoms with Crippen molar-refractivity contribution in [2.45, 2.75) is 72.2 Å². The van der Waals surface area contributed by atoms with E-state index >= 15 is 0 Å². The molecule has 1 fully saturated rings. The van der Waals surface area contributed by atoms with Crippen molar-refractivity contribution in [3.8, 4) is 0 Å². The molecule has 1 saturated carbocycles. The van der Waals surface area contributed by atoms with E-state index in [1.165, 1.54) is 0 Å². The summed E-state index contributed by atoms with van der Waals surface area (Å²) in [6.45, 7) is 6.39. The Hall–Kier alpha value is -0.420. The Morgan fingerprint density at radius 1 is 0.714 bits per heavy atom. The van der Waals surface area contributed by atoms with Crippen LogP contribution in [0.2, 0.25) is 0 Å². The van der Waals surface area contributed by atoms with E-state index in [0.29, 0.717) is 19.8 Å². The standard InChI is InChI=1S/C15H24F6/c1-5-12(2,3)10-6-8-11(9-7-10)13(4,14(16,17)18)15(19,20)21/h10-11H,5-9H2,1-4H3. The van der Waals surface area contributed by atoms with E-state index < -0.39 is 23.7 Å². The predicted molar refractivity (Wildman–Crippen MR) is 69.7 cm³/mol. The molecule has 126 valence electrons. The van der Waals surface area contributed by atoms with E-state index in [1.54, 1.807) is 0 Å². The van der Waals surface area contributed by atoms with Crippen molar-refractivity contribution in [3.05, 3.63) is 0 Å². The first kappa shape index (κ1) is 18.6. The van der Waals surface area contributed by atoms with Crippen molar-refractivity contribution in [2.75, 3.05) is 0 Å². The highest BCUT2D eigenvalue weighted by Crippen LogP contribution is 2.59. The summed E-state index contributed by atoms with van der Waals surface area (Å²) in [5.74, 6) is -1.18. The molecule has 0 heterocycles. The molecule has 0 radical (unpaired) electrons. The summed E-state index contributed by atoms with van der Waals surface area (Å²) in [5.41, 5.74) is -3.63. The lowest BCUT2D eigenvalue weighted by Gasteiger charge is -2.46. The Balaban J connectivity index is 2.93. The Kier molecular flexibility index (Phi) is 5.01. The van der Waals surface area contributed by atoms with Gasteiger partial charge in [-0.15, -0.1) is 0 Å². The third-order valence-corrected chi connectivity index (χ3v) is 5.74. The van der Waals surface area contributed by atoms with Gasteiger partial charge >= 0.3 is 12.4 Å². The molecular weight excluding hydrogens is 294 g/mol. The molecule has 0 N–H and O–H groups in total. The molecule has 0 spiro atoms. The molecule has 0 saturated heterocycles. The van der Waals surface area contributed by atoms with Gasteiger partial charge in [-0.05, 0) is 49.9 Å². The Morgan fingerprint density at radius 3 is 1.33 bits per heavy atom. The van der Waals surface area contributed by atoms with Gasteiger partial charge in [-0.1, -0.05) is 27.2 Å². The molecule has 0 aromatic rings. The van der Waals surface area contributed by atoms with E-state index in [0.717, 1.165) is 6.42 Å². The van der Waals surface area contributed by atoms with Crippen molar-refractivity contribution in [1.29, 1.82) is 0 Å². The van der Waals surface area contributed by atoms with E-state index in [1.807, 2.05) is 20.8 Å². The zero-order chi connectivity index (χ0) is 16.7. The molecule has 0 aromatic heterocycles. The molecule has 21 heavy (non-hydrogen) atoms. The van der Waals surface area contributed by atoms with Crippen molar-refractivity contribution in [3.63, 3.8) is 0 Å². The lowest BCUT2D eigenvalue weighted by Crippen LogP contribution is -2.53. The zero-order valence-corrected chi connectivity index (χ0v) is 13.0. The van der Waals surface area contributed by atoms with Gasteiger partial charge < -0.3 is 0 Å². The summed E-state index contributed by atoms with van der Waals surface area (Å²) in [4.78, 5) is 0. The first-order valence-corrected chi connectivity index (χ1v) is 7.40. The van der Waals surface area contributed by atoms with Gasteiger partial charge in [-0.2, -0.15) is 26.3 Å². The average molecular weight is 318 g/mol. The average Bonchev–Trinajstić information content (AvgIpc) is 2.35. The summed E-state index contributed by atoms with van der Waals surface area (Å²) in [7, 11) is 0. The van der Waals surface area contributed by atoms with Crippen LogP contribution in [0.3, 0.4) is 0 Å². The largest absolute Gasteiger partial charge is 0.403 e. The van der Waals surface area contributed by atoms with Crippen molar-refractivity contribution < 1.29 is 26.3 Å². The summed E-state index contributed by atoms with van der Waals surface area (Å²) in [6, 6.07) is 0. The summed E-state index contributed by atoms with van der Waals surface area (Å²) < 4.78 is 78.4. The molecule has 0 unspecified atom stereocenters. The third-order valence-electron chi connectivity index (χ3n) is 5.74. The second-order valence-electron chi connectivity index (χ2n) is 7.09. The monoisotopic (exact) mass is 318 g/mol. The highest BCUT2D eigenvalue weighted by Gasteiger charge is 2.70. The van der Waals surface area contributed by atoms with Gasteiger partial charge in [-0.3, -0.25) is 0 Å². The fourth-order valence-corrected chi connectivity index (χ4v) is 3.36. The minimum atomic E-state index is -5.26. The number of alkyl halides is 6. The van der Waals surface area contributed by atoms with Gasteiger partial charge in [0.15, 0.2) is 5.41 Å². The molecule has 1 aliphatic carbocycles. The van der Waals surface area contributed by atoms with E-state index in [9.17, 15) is 26.3 Å². The van der Waals surface area contributed by atoms with Crippen LogP contribution >= 0.6 is 0 Å². The minimum Gasteiger partial charge on any atom is -0.170 e. The first-order valence-electron chi connectivity index (χ1n) is 7.40. The van der Waals surface area contributed by atoms with Gasteiger partial charge in [0.1, 0.15) is 0 Å². The molecule has 0 amide bonds. The van der Waals surface area contributed by atoms with Crippen LogP contribution in [0.1, 0.15) is 59.8 Å². The summed E-state index contributed by atoms with van der Waals surface area (Å²) >= 11 is 0. The van der Waals surface area contributed by atoms with Gasteiger partial charge in [0.2, 0.25) is 0 Å². The number of hydrogen-bond donors (Lipinski definition) is 0. The van der Waals surface area contributed by atoms with Gasteiger partial charge in [-0.25, -0.2) is 0 Å². The van der Waals surface area contributed by atoms with Crippen LogP contribution in [0.4, 0.5) is 26.3 Å². The van der Waals surface area contributed by atoms with Crippen LogP contribution in [0.5, 0.6) is 0 Å². The fraction of sp³-hybridized carbons (Fsp3) is 1.00. The second kappa shape index (κ2) is 5.65. The molecule has 6 heteroatoms. The first-order chi connectivity index (χ1) is 9.27. The molecule has 0 bridgehead atoms. The molecule has 0 nitrogen and oxygen atoms in total. The maximum absolute atomic E-state index is 13.1. The maximum Gasteiger partial charge on any atom is 0.403 e. The maximum atomic E-state index is 13.1. The molecule has 0 aromatic carbocycles. The van der Waals surface area contributed by atoms with Crippen LogP contribution in [0.25, 0.3) is 0 Å². The van der Waals surface area contributed by atoms with Gasteiger partial charge in [0, 0.05) is 0 Å². The zero-order valence-electron chi connectivity index (χ0n) is 13.0. The highest BCUT2D eigenvalue weighted by molar-refractivity contribution is 4.97. The fourth-order valence-electron chi connectivity index (χ4n) is 3.36. The number of halogens is 6. The predicted octanol–water partition coefficient (Wildman–Crippen LogP) is 6.36. The van der Waals surface area contributed by atoms with Crippen molar-refractivity contribution >= 4 is 0 Å². The quantitative estimate of drug-likeness (QED) is 0.531. The van der Waals surface area contributed by atoms with Crippen molar-refractivity contribution in [2.24, 2.45) is 22.7 Å². The normalized spacial score (nSPS) is 26.0. The van der Waals surface area contributed by atoms with Crippen molar-refractivity contribution in [1.82, 2.24) is 0 Å². The van der Waals surface area contributed by atoms with Crippen LogP contribution in [-0.4, -0.2) is 12.4 Å². The van der Waals surface area contributed by atoms with Crippen LogP contribution in [0.15, 0.2) is 0 Å². The SMILES string of the molecule is CCC(C)(C)C1CCC(C(C)(C(F)(F)F)C(F)(F)F)CC1. The third kappa shape index (κ3) is 3.34. The molecule has 0 aliphatic heterocycles.